The Labute approximate surface area is 116 Å². The molecule has 0 bridgehead atoms. The quantitative estimate of drug-likeness (QED) is 0.874. The molecule has 19 heavy (non-hydrogen) atoms. The molecule has 2 aromatic rings. The predicted molar refractivity (Wildman–Crippen MR) is 77.4 cm³/mol. The normalized spacial score (nSPS) is 13.6. The number of aliphatic hydroxyl groups excluding tert-OH is 1. The summed E-state index contributed by atoms with van der Waals surface area (Å²) in [5, 5.41) is 22.3. The lowest BCUT2D eigenvalue weighted by Crippen LogP contribution is -2.20. The van der Waals surface area contributed by atoms with Gasteiger partial charge >= 0.3 is 5.97 Å². The zero-order chi connectivity index (χ0) is 14.0. The van der Waals surface area contributed by atoms with Gasteiger partial charge in [0, 0.05) is 4.70 Å². The molecule has 0 spiro atoms. The van der Waals surface area contributed by atoms with Crippen molar-refractivity contribution in [1.82, 2.24) is 0 Å². The molecule has 0 amide bonds. The number of carboxylic acids is 1. The highest BCUT2D eigenvalue weighted by Gasteiger charge is 2.27. The van der Waals surface area contributed by atoms with Crippen LogP contribution in [0.15, 0.2) is 29.6 Å². The number of fused-ring (bicyclic) bond motifs is 1. The van der Waals surface area contributed by atoms with Gasteiger partial charge < -0.3 is 10.2 Å². The Morgan fingerprint density at radius 3 is 2.74 bits per heavy atom. The average molecular weight is 278 g/mol. The second-order valence-corrected chi connectivity index (χ2v) is 6.55. The SMILES string of the molecule is CC(C)(CC(=O)O)CC(O)c1csc2ccccc12. The van der Waals surface area contributed by atoms with Crippen LogP contribution in [0.1, 0.15) is 38.4 Å². The third-order valence-electron chi connectivity index (χ3n) is 3.25. The first-order chi connectivity index (χ1) is 8.89. The summed E-state index contributed by atoms with van der Waals surface area (Å²) in [6.45, 7) is 3.75. The van der Waals surface area contributed by atoms with Gasteiger partial charge in [-0.25, -0.2) is 0 Å². The van der Waals surface area contributed by atoms with Crippen molar-refractivity contribution in [2.45, 2.75) is 32.8 Å². The lowest BCUT2D eigenvalue weighted by atomic mass is 9.82. The molecule has 102 valence electrons. The van der Waals surface area contributed by atoms with Gasteiger partial charge in [-0.15, -0.1) is 11.3 Å². The highest BCUT2D eigenvalue weighted by atomic mass is 32.1. The molecule has 4 heteroatoms. The van der Waals surface area contributed by atoms with Crippen molar-refractivity contribution >= 4 is 27.4 Å². The van der Waals surface area contributed by atoms with Crippen molar-refractivity contribution < 1.29 is 15.0 Å². The summed E-state index contributed by atoms with van der Waals surface area (Å²) >= 11 is 1.61. The Kier molecular flexibility index (Phi) is 3.92. The number of hydrogen-bond acceptors (Lipinski definition) is 3. The molecular weight excluding hydrogens is 260 g/mol. The molecule has 0 fully saturated rings. The molecular formula is C15H18O3S. The molecule has 1 atom stereocenters. The molecule has 2 N–H and O–H groups in total. The minimum atomic E-state index is -0.827. The number of thiophene rings is 1. The highest BCUT2D eigenvalue weighted by molar-refractivity contribution is 7.17. The Balaban J connectivity index is 2.20. The summed E-state index contributed by atoms with van der Waals surface area (Å²) in [4.78, 5) is 10.8. The maximum Gasteiger partial charge on any atom is 0.303 e. The summed E-state index contributed by atoms with van der Waals surface area (Å²) in [7, 11) is 0. The van der Waals surface area contributed by atoms with E-state index in [-0.39, 0.29) is 6.42 Å². The molecule has 0 saturated carbocycles. The number of rotatable bonds is 5. The lowest BCUT2D eigenvalue weighted by Gasteiger charge is -2.25. The third kappa shape index (κ3) is 3.33. The second kappa shape index (κ2) is 5.31. The van der Waals surface area contributed by atoms with Crippen molar-refractivity contribution in [2.75, 3.05) is 0 Å². The predicted octanol–water partition coefficient (Wildman–Crippen LogP) is 3.83. The van der Waals surface area contributed by atoms with Crippen molar-refractivity contribution in [3.63, 3.8) is 0 Å². The van der Waals surface area contributed by atoms with Crippen LogP contribution in [0, 0.1) is 5.41 Å². The van der Waals surface area contributed by atoms with Crippen LogP contribution in [-0.4, -0.2) is 16.2 Å². The van der Waals surface area contributed by atoms with Crippen LogP contribution in [0.4, 0.5) is 0 Å². The van der Waals surface area contributed by atoms with Gasteiger partial charge in [-0.05, 0) is 34.2 Å². The van der Waals surface area contributed by atoms with Gasteiger partial charge in [-0.3, -0.25) is 4.79 Å². The van der Waals surface area contributed by atoms with Gasteiger partial charge in [0.25, 0.3) is 0 Å². The van der Waals surface area contributed by atoms with Crippen LogP contribution in [0.5, 0.6) is 0 Å². The van der Waals surface area contributed by atoms with Crippen molar-refractivity contribution in [3.05, 3.63) is 35.2 Å². The van der Waals surface area contributed by atoms with E-state index in [1.807, 2.05) is 43.5 Å². The van der Waals surface area contributed by atoms with E-state index < -0.39 is 17.5 Å². The van der Waals surface area contributed by atoms with Gasteiger partial charge in [0.1, 0.15) is 0 Å². The largest absolute Gasteiger partial charge is 0.481 e. The van der Waals surface area contributed by atoms with E-state index in [4.69, 9.17) is 5.11 Å². The second-order valence-electron chi connectivity index (χ2n) is 5.64. The molecule has 1 heterocycles. The lowest BCUT2D eigenvalue weighted by molar-refractivity contribution is -0.139. The minimum Gasteiger partial charge on any atom is -0.481 e. The van der Waals surface area contributed by atoms with E-state index in [1.54, 1.807) is 11.3 Å². The van der Waals surface area contributed by atoms with Crippen LogP contribution in [0.2, 0.25) is 0 Å². The van der Waals surface area contributed by atoms with Gasteiger partial charge in [-0.2, -0.15) is 0 Å². The zero-order valence-electron chi connectivity index (χ0n) is 11.1. The Bertz CT molecular complexity index is 586. The van der Waals surface area contributed by atoms with E-state index >= 15 is 0 Å². The van der Waals surface area contributed by atoms with Gasteiger partial charge in [-0.1, -0.05) is 32.0 Å². The average Bonchev–Trinajstić information content (AvgIpc) is 2.69. The van der Waals surface area contributed by atoms with E-state index in [0.29, 0.717) is 6.42 Å². The van der Waals surface area contributed by atoms with Crippen LogP contribution >= 0.6 is 11.3 Å². The zero-order valence-corrected chi connectivity index (χ0v) is 11.9. The molecule has 1 aromatic carbocycles. The maximum atomic E-state index is 10.8. The van der Waals surface area contributed by atoms with E-state index in [0.717, 1.165) is 15.6 Å². The number of aliphatic carboxylic acids is 1. The fraction of sp³-hybridized carbons (Fsp3) is 0.400. The van der Waals surface area contributed by atoms with Gasteiger partial charge in [0.15, 0.2) is 0 Å². The molecule has 2 rings (SSSR count). The fourth-order valence-electron chi connectivity index (χ4n) is 2.37. The first kappa shape index (κ1) is 14.0. The smallest absolute Gasteiger partial charge is 0.303 e. The van der Waals surface area contributed by atoms with Crippen LogP contribution in [0.3, 0.4) is 0 Å². The number of benzene rings is 1. The first-order valence-electron chi connectivity index (χ1n) is 6.25. The van der Waals surface area contributed by atoms with Crippen LogP contribution < -0.4 is 0 Å². The minimum absolute atomic E-state index is 0.0616. The van der Waals surface area contributed by atoms with Crippen LogP contribution in [0.25, 0.3) is 10.1 Å². The monoisotopic (exact) mass is 278 g/mol. The standard InChI is InChI=1S/C15H18O3S/c1-15(2,8-14(17)18)7-12(16)11-9-19-13-6-4-3-5-10(11)13/h3-6,9,12,16H,7-8H2,1-2H3,(H,17,18). The number of carboxylic acid groups (broad SMARTS) is 1. The maximum absolute atomic E-state index is 10.8. The summed E-state index contributed by atoms with van der Waals surface area (Å²) in [5.41, 5.74) is 0.480. The summed E-state index contributed by atoms with van der Waals surface area (Å²) in [6.07, 6.45) is -0.114. The Morgan fingerprint density at radius 2 is 2.05 bits per heavy atom. The Hall–Kier alpha value is -1.39. The first-order valence-corrected chi connectivity index (χ1v) is 7.13. The summed E-state index contributed by atoms with van der Waals surface area (Å²) in [5.74, 6) is -0.827. The molecule has 0 aliphatic carbocycles. The highest BCUT2D eigenvalue weighted by Crippen LogP contribution is 2.37. The number of aliphatic hydroxyl groups is 1. The van der Waals surface area contributed by atoms with Crippen molar-refractivity contribution in [3.8, 4) is 0 Å². The fourth-order valence-corrected chi connectivity index (χ4v) is 3.38. The van der Waals surface area contributed by atoms with Gasteiger partial charge in [0.2, 0.25) is 0 Å². The van der Waals surface area contributed by atoms with E-state index in [9.17, 15) is 9.90 Å². The molecule has 1 unspecified atom stereocenters. The summed E-state index contributed by atoms with van der Waals surface area (Å²) in [6, 6.07) is 7.95. The topological polar surface area (TPSA) is 57.5 Å². The summed E-state index contributed by atoms with van der Waals surface area (Å²) < 4.78 is 1.15. The number of hydrogen-bond donors (Lipinski definition) is 2. The molecule has 0 radical (unpaired) electrons. The number of carbonyl (C=O) groups is 1. The van der Waals surface area contributed by atoms with Crippen molar-refractivity contribution in [1.29, 1.82) is 0 Å². The van der Waals surface area contributed by atoms with E-state index in [1.165, 1.54) is 0 Å². The third-order valence-corrected chi connectivity index (χ3v) is 4.23. The Morgan fingerprint density at radius 1 is 1.37 bits per heavy atom. The molecule has 0 aliphatic rings. The van der Waals surface area contributed by atoms with E-state index in [2.05, 4.69) is 0 Å². The molecule has 0 saturated heterocycles. The molecule has 3 nitrogen and oxygen atoms in total. The molecule has 0 aliphatic heterocycles. The molecule has 1 aromatic heterocycles. The van der Waals surface area contributed by atoms with Gasteiger partial charge in [0.05, 0.1) is 12.5 Å². The van der Waals surface area contributed by atoms with Crippen LogP contribution in [-0.2, 0) is 4.79 Å². The van der Waals surface area contributed by atoms with Crippen molar-refractivity contribution in [2.24, 2.45) is 5.41 Å².